The number of Topliss-reactive ketones (excluding diaryl/α,β-unsaturated/α-hetero) is 1. The summed E-state index contributed by atoms with van der Waals surface area (Å²) in [5.74, 6) is 0.202. The number of aryl methyl sites for hydroxylation is 1. The highest BCUT2D eigenvalue weighted by Crippen LogP contribution is 2.55. The first-order valence-corrected chi connectivity index (χ1v) is 12.9. The van der Waals surface area contributed by atoms with E-state index < -0.39 is 7.26 Å². The molecule has 0 saturated carbocycles. The van der Waals surface area contributed by atoms with Crippen LogP contribution in [0.2, 0.25) is 0 Å². The molecular formula is C29H28OP+. The molecule has 0 bridgehead atoms. The van der Waals surface area contributed by atoms with Crippen LogP contribution in [0.25, 0.3) is 0 Å². The van der Waals surface area contributed by atoms with Crippen LogP contribution in [0.3, 0.4) is 0 Å². The average molecular weight is 424 g/mol. The minimum Gasteiger partial charge on any atom is -0.290 e. The Morgan fingerprint density at radius 3 is 1.42 bits per heavy atom. The first-order chi connectivity index (χ1) is 15.2. The van der Waals surface area contributed by atoms with Gasteiger partial charge in [-0.2, -0.15) is 0 Å². The van der Waals surface area contributed by atoms with Gasteiger partial charge >= 0.3 is 0 Å². The molecule has 154 valence electrons. The summed E-state index contributed by atoms with van der Waals surface area (Å²) in [5, 5.41) is 3.72. The standard InChI is InChI=1S/C29H28OP/c1-2-12-24-19-21-25(22-20-24)29(30)23-31(26-13-6-3-7-14-26,27-15-8-4-9-16-27)28-17-10-5-11-18-28/h3-11,13-22H,2,12,23H2,1H3/q+1. The van der Waals surface area contributed by atoms with Gasteiger partial charge in [0, 0.05) is 5.56 Å². The molecule has 2 heteroatoms. The molecular weight excluding hydrogens is 395 g/mol. The van der Waals surface area contributed by atoms with Crippen molar-refractivity contribution in [2.75, 3.05) is 6.16 Å². The highest BCUT2D eigenvalue weighted by atomic mass is 31.2. The molecule has 4 aromatic rings. The quantitative estimate of drug-likeness (QED) is 0.258. The van der Waals surface area contributed by atoms with E-state index in [9.17, 15) is 4.79 Å². The smallest absolute Gasteiger partial charge is 0.201 e. The maximum Gasteiger partial charge on any atom is 0.201 e. The first-order valence-electron chi connectivity index (χ1n) is 10.9. The van der Waals surface area contributed by atoms with Gasteiger partial charge in [0.1, 0.15) is 29.3 Å². The normalized spacial score (nSPS) is 11.3. The van der Waals surface area contributed by atoms with Crippen LogP contribution in [-0.4, -0.2) is 11.9 Å². The molecule has 0 saturated heterocycles. The van der Waals surface area contributed by atoms with E-state index in [4.69, 9.17) is 0 Å². The zero-order chi connectivity index (χ0) is 21.5. The zero-order valence-electron chi connectivity index (χ0n) is 17.9. The van der Waals surface area contributed by atoms with Gasteiger partial charge < -0.3 is 0 Å². The van der Waals surface area contributed by atoms with Crippen molar-refractivity contribution in [2.45, 2.75) is 19.8 Å². The second-order valence-corrected chi connectivity index (χ2v) is 11.3. The molecule has 1 nitrogen and oxygen atoms in total. The second kappa shape index (κ2) is 9.86. The predicted octanol–water partition coefficient (Wildman–Crippen LogP) is 5.82. The Morgan fingerprint density at radius 1 is 0.613 bits per heavy atom. The third kappa shape index (κ3) is 4.53. The Kier molecular flexibility index (Phi) is 6.75. The van der Waals surface area contributed by atoms with E-state index in [1.54, 1.807) is 0 Å². The number of hydrogen-bond acceptors (Lipinski definition) is 1. The Bertz CT molecular complexity index is 1010. The zero-order valence-corrected chi connectivity index (χ0v) is 18.8. The summed E-state index contributed by atoms with van der Waals surface area (Å²) >= 11 is 0. The Hall–Kier alpha value is -3.02. The van der Waals surface area contributed by atoms with E-state index in [1.165, 1.54) is 21.5 Å². The molecule has 0 aromatic heterocycles. The lowest BCUT2D eigenvalue weighted by atomic mass is 10.1. The first kappa shape index (κ1) is 21.2. The van der Waals surface area contributed by atoms with Crippen molar-refractivity contribution in [1.82, 2.24) is 0 Å². The summed E-state index contributed by atoms with van der Waals surface area (Å²) in [6.45, 7) is 2.18. The molecule has 0 spiro atoms. The summed E-state index contributed by atoms with van der Waals surface area (Å²) in [4.78, 5) is 13.7. The molecule has 0 aliphatic rings. The number of ketones is 1. The van der Waals surface area contributed by atoms with Crippen molar-refractivity contribution >= 4 is 29.0 Å². The summed E-state index contributed by atoms with van der Waals surface area (Å²) in [7, 11) is -2.15. The molecule has 0 amide bonds. The monoisotopic (exact) mass is 423 g/mol. The van der Waals surface area contributed by atoms with Gasteiger partial charge in [0.05, 0.1) is 0 Å². The topological polar surface area (TPSA) is 17.1 Å². The van der Waals surface area contributed by atoms with Gasteiger partial charge in [0.15, 0.2) is 0 Å². The van der Waals surface area contributed by atoms with Gasteiger partial charge in [-0.05, 0) is 48.4 Å². The largest absolute Gasteiger partial charge is 0.290 e. The molecule has 0 heterocycles. The van der Waals surface area contributed by atoms with Crippen molar-refractivity contribution in [1.29, 1.82) is 0 Å². The van der Waals surface area contributed by atoms with Crippen molar-refractivity contribution in [3.05, 3.63) is 126 Å². The SMILES string of the molecule is CCCc1ccc(C(=O)C[P+](c2ccccc2)(c2ccccc2)c2ccccc2)cc1. The van der Waals surface area contributed by atoms with Crippen molar-refractivity contribution in [2.24, 2.45) is 0 Å². The minimum absolute atomic E-state index is 0.202. The van der Waals surface area contributed by atoms with E-state index in [1.807, 2.05) is 30.3 Å². The number of hydrogen-bond donors (Lipinski definition) is 0. The van der Waals surface area contributed by atoms with Gasteiger partial charge in [0.25, 0.3) is 0 Å². The Morgan fingerprint density at radius 2 is 1.03 bits per heavy atom. The number of benzene rings is 4. The lowest BCUT2D eigenvalue weighted by molar-refractivity contribution is 0.102. The summed E-state index contributed by atoms with van der Waals surface area (Å²) in [6.07, 6.45) is 2.64. The highest BCUT2D eigenvalue weighted by Gasteiger charge is 2.47. The maximum atomic E-state index is 13.7. The fourth-order valence-corrected chi connectivity index (χ4v) is 8.32. The van der Waals surface area contributed by atoms with Crippen LogP contribution in [0.4, 0.5) is 0 Å². The van der Waals surface area contributed by atoms with Crippen molar-refractivity contribution < 1.29 is 4.79 Å². The molecule has 0 aliphatic heterocycles. The van der Waals surface area contributed by atoms with E-state index >= 15 is 0 Å². The number of carbonyl (C=O) groups excluding carboxylic acids is 1. The van der Waals surface area contributed by atoms with Crippen LogP contribution in [0.5, 0.6) is 0 Å². The van der Waals surface area contributed by atoms with Crippen molar-refractivity contribution in [3.63, 3.8) is 0 Å². The molecule has 0 fully saturated rings. The maximum absolute atomic E-state index is 13.7. The number of rotatable bonds is 8. The molecule has 31 heavy (non-hydrogen) atoms. The van der Waals surface area contributed by atoms with Crippen molar-refractivity contribution in [3.8, 4) is 0 Å². The molecule has 4 aromatic carbocycles. The van der Waals surface area contributed by atoms with Crippen LogP contribution in [0.15, 0.2) is 115 Å². The molecule has 0 unspecified atom stereocenters. The predicted molar refractivity (Wildman–Crippen MR) is 135 cm³/mol. The second-order valence-electron chi connectivity index (χ2n) is 7.84. The molecule has 0 N–H and O–H groups in total. The summed E-state index contributed by atoms with van der Waals surface area (Å²) < 4.78 is 0. The van der Waals surface area contributed by atoms with Crippen LogP contribution >= 0.6 is 7.26 Å². The van der Waals surface area contributed by atoms with Gasteiger partial charge in [-0.25, -0.2) is 0 Å². The summed E-state index contributed by atoms with van der Waals surface area (Å²) in [5.41, 5.74) is 2.08. The number of carbonyl (C=O) groups is 1. The van der Waals surface area contributed by atoms with Gasteiger partial charge in [-0.15, -0.1) is 0 Å². The van der Waals surface area contributed by atoms with E-state index in [-0.39, 0.29) is 5.78 Å². The fraction of sp³-hybridized carbons (Fsp3) is 0.138. The van der Waals surface area contributed by atoms with E-state index in [2.05, 4.69) is 91.9 Å². The van der Waals surface area contributed by atoms with E-state index in [0.29, 0.717) is 6.16 Å². The Balaban J connectivity index is 1.85. The molecule has 4 rings (SSSR count). The minimum atomic E-state index is -2.15. The molecule has 0 radical (unpaired) electrons. The lowest BCUT2D eigenvalue weighted by Crippen LogP contribution is -2.35. The third-order valence-electron chi connectivity index (χ3n) is 5.79. The lowest BCUT2D eigenvalue weighted by Gasteiger charge is -2.27. The van der Waals surface area contributed by atoms with E-state index in [0.717, 1.165) is 18.4 Å². The van der Waals surface area contributed by atoms with Crippen LogP contribution in [-0.2, 0) is 6.42 Å². The molecule has 0 aliphatic carbocycles. The summed E-state index contributed by atoms with van der Waals surface area (Å²) in [6, 6.07) is 40.0. The third-order valence-corrected chi connectivity index (χ3v) is 10.1. The average Bonchev–Trinajstić information content (AvgIpc) is 2.85. The van der Waals surface area contributed by atoms with Crippen LogP contribution in [0, 0.1) is 0 Å². The van der Waals surface area contributed by atoms with Crippen LogP contribution < -0.4 is 15.9 Å². The molecule has 0 atom stereocenters. The van der Waals surface area contributed by atoms with Gasteiger partial charge in [-0.1, -0.05) is 92.2 Å². The Labute approximate surface area is 186 Å². The van der Waals surface area contributed by atoms with Gasteiger partial charge in [-0.3, -0.25) is 4.79 Å². The van der Waals surface area contributed by atoms with Crippen LogP contribution in [0.1, 0.15) is 29.3 Å². The highest BCUT2D eigenvalue weighted by molar-refractivity contribution is 7.96. The van der Waals surface area contributed by atoms with Gasteiger partial charge in [0.2, 0.25) is 5.78 Å². The fourth-order valence-electron chi connectivity index (χ4n) is 4.22.